The molecule has 4 heterocycles. The summed E-state index contributed by atoms with van der Waals surface area (Å²) in [6.45, 7) is 0.409. The second-order valence-corrected chi connectivity index (χ2v) is 7.57. The highest BCUT2D eigenvalue weighted by atomic mass is 16.5. The Bertz CT molecular complexity index is 938. The van der Waals surface area contributed by atoms with Gasteiger partial charge in [-0.2, -0.15) is 0 Å². The number of piperidine rings is 1. The van der Waals surface area contributed by atoms with Gasteiger partial charge < -0.3 is 14.2 Å². The summed E-state index contributed by atoms with van der Waals surface area (Å²) < 4.78 is 8.14. The molecule has 5 heteroatoms. The molecular weight excluding hydrogens is 338 g/mol. The molecule has 2 aliphatic heterocycles. The van der Waals surface area contributed by atoms with Gasteiger partial charge in [-0.1, -0.05) is 24.3 Å². The number of carbonyl (C=O) groups is 1. The van der Waals surface area contributed by atoms with Gasteiger partial charge in [-0.15, -0.1) is 0 Å². The predicted molar refractivity (Wildman–Crippen MR) is 103 cm³/mol. The van der Waals surface area contributed by atoms with Gasteiger partial charge in [0.05, 0.1) is 0 Å². The summed E-state index contributed by atoms with van der Waals surface area (Å²) >= 11 is 0. The van der Waals surface area contributed by atoms with Crippen LogP contribution in [0.1, 0.15) is 25.7 Å². The smallest absolute Gasteiger partial charge is 0.243 e. The van der Waals surface area contributed by atoms with E-state index in [0.717, 1.165) is 31.2 Å². The largest absolute Gasteiger partial charge is 0.474 e. The van der Waals surface area contributed by atoms with Gasteiger partial charge >= 0.3 is 0 Å². The molecule has 2 bridgehead atoms. The maximum atomic E-state index is 13.1. The minimum absolute atomic E-state index is 0.147. The molecule has 0 spiro atoms. The monoisotopic (exact) mass is 361 g/mol. The molecule has 27 heavy (non-hydrogen) atoms. The van der Waals surface area contributed by atoms with Crippen LogP contribution >= 0.6 is 0 Å². The number of nitrogens with zero attached hydrogens (tertiary/aromatic N) is 3. The van der Waals surface area contributed by atoms with E-state index in [-0.39, 0.29) is 24.1 Å². The summed E-state index contributed by atoms with van der Waals surface area (Å²) in [5.74, 6) is 0.903. The van der Waals surface area contributed by atoms with E-state index in [2.05, 4.69) is 32.7 Å². The Morgan fingerprint density at radius 2 is 1.81 bits per heavy atom. The Kier molecular flexibility index (Phi) is 4.07. The number of pyridine rings is 1. The van der Waals surface area contributed by atoms with Crippen molar-refractivity contribution in [3.8, 4) is 5.88 Å². The van der Waals surface area contributed by atoms with Crippen LogP contribution in [-0.4, -0.2) is 38.5 Å². The zero-order valence-electron chi connectivity index (χ0n) is 15.2. The maximum Gasteiger partial charge on any atom is 0.243 e. The Morgan fingerprint density at radius 3 is 2.59 bits per heavy atom. The molecule has 2 fully saturated rings. The lowest BCUT2D eigenvalue weighted by Gasteiger charge is -2.38. The van der Waals surface area contributed by atoms with Crippen LogP contribution in [0, 0.1) is 0 Å². The first-order valence-corrected chi connectivity index (χ1v) is 9.70. The van der Waals surface area contributed by atoms with Gasteiger partial charge in [-0.05, 0) is 36.4 Å². The van der Waals surface area contributed by atoms with Gasteiger partial charge in [0.1, 0.15) is 12.6 Å². The third-order valence-electron chi connectivity index (χ3n) is 5.89. The van der Waals surface area contributed by atoms with Crippen LogP contribution in [0.25, 0.3) is 10.9 Å². The van der Waals surface area contributed by atoms with Crippen LogP contribution in [0.3, 0.4) is 0 Å². The van der Waals surface area contributed by atoms with E-state index in [1.54, 1.807) is 6.20 Å². The molecule has 0 unspecified atom stereocenters. The first-order chi connectivity index (χ1) is 13.3. The van der Waals surface area contributed by atoms with E-state index in [9.17, 15) is 4.79 Å². The average Bonchev–Trinajstić information content (AvgIpc) is 3.21. The fourth-order valence-electron chi connectivity index (χ4n) is 4.72. The molecule has 0 saturated carbocycles. The lowest BCUT2D eigenvalue weighted by atomic mass is 9.99. The average molecular weight is 361 g/mol. The van der Waals surface area contributed by atoms with Crippen molar-refractivity contribution in [2.45, 2.75) is 50.4 Å². The minimum atomic E-state index is 0.147. The third-order valence-corrected chi connectivity index (χ3v) is 5.89. The molecule has 2 atom stereocenters. The molecule has 2 saturated heterocycles. The first kappa shape index (κ1) is 16.4. The van der Waals surface area contributed by atoms with Crippen LogP contribution in [0.5, 0.6) is 5.88 Å². The molecule has 1 amide bonds. The second kappa shape index (κ2) is 6.72. The standard InChI is InChI=1S/C22H23N3O2/c26-22(15-24-12-10-16-5-1-2-6-20(16)24)25-17-8-9-18(25)14-19(13-17)27-21-7-3-4-11-23-21/h1-7,10-12,17-19H,8-9,13-15H2/t17-,18-/m0/s1. The van der Waals surface area contributed by atoms with Gasteiger partial charge in [-0.3, -0.25) is 4.79 Å². The molecule has 0 N–H and O–H groups in total. The summed E-state index contributed by atoms with van der Waals surface area (Å²) in [7, 11) is 0. The Labute approximate surface area is 158 Å². The Balaban J connectivity index is 1.28. The summed E-state index contributed by atoms with van der Waals surface area (Å²) in [4.78, 5) is 19.5. The van der Waals surface area contributed by atoms with Gasteiger partial charge in [0.15, 0.2) is 0 Å². The van der Waals surface area contributed by atoms with Crippen LogP contribution < -0.4 is 4.74 Å². The molecule has 0 radical (unpaired) electrons. The van der Waals surface area contributed by atoms with Gasteiger partial charge in [0, 0.05) is 48.9 Å². The molecule has 3 aromatic rings. The van der Waals surface area contributed by atoms with Crippen molar-refractivity contribution >= 4 is 16.8 Å². The molecule has 0 aliphatic carbocycles. The molecule has 5 rings (SSSR count). The third kappa shape index (κ3) is 3.07. The molecule has 2 aliphatic rings. The highest BCUT2D eigenvalue weighted by molar-refractivity contribution is 5.83. The summed E-state index contributed by atoms with van der Waals surface area (Å²) in [5.41, 5.74) is 1.12. The zero-order chi connectivity index (χ0) is 18.2. The second-order valence-electron chi connectivity index (χ2n) is 7.57. The SMILES string of the molecule is O=C(Cn1ccc2ccccc21)N1[C@H]2CC[C@H]1CC(Oc1ccccn1)C2. The molecule has 2 aromatic heterocycles. The van der Waals surface area contributed by atoms with Crippen molar-refractivity contribution in [3.05, 3.63) is 60.9 Å². The lowest BCUT2D eigenvalue weighted by molar-refractivity contribution is -0.137. The maximum absolute atomic E-state index is 13.1. The summed E-state index contributed by atoms with van der Waals surface area (Å²) in [6, 6.07) is 16.6. The molecule has 138 valence electrons. The van der Waals surface area contributed by atoms with Gasteiger partial charge in [0.25, 0.3) is 0 Å². The van der Waals surface area contributed by atoms with Crippen molar-refractivity contribution in [2.24, 2.45) is 0 Å². The number of hydrogen-bond donors (Lipinski definition) is 0. The Hall–Kier alpha value is -2.82. The van der Waals surface area contributed by atoms with E-state index < -0.39 is 0 Å². The van der Waals surface area contributed by atoms with Crippen LogP contribution in [-0.2, 0) is 11.3 Å². The van der Waals surface area contributed by atoms with E-state index in [0.29, 0.717) is 12.4 Å². The number of benzene rings is 1. The quantitative estimate of drug-likeness (QED) is 0.713. The number of para-hydroxylation sites is 1. The van der Waals surface area contributed by atoms with E-state index in [1.165, 1.54) is 5.39 Å². The van der Waals surface area contributed by atoms with Gasteiger partial charge in [-0.25, -0.2) is 4.98 Å². The Morgan fingerprint density at radius 1 is 1.04 bits per heavy atom. The number of rotatable bonds is 4. The molecular formula is C22H23N3O2. The van der Waals surface area contributed by atoms with Crippen molar-refractivity contribution < 1.29 is 9.53 Å². The molecule has 5 nitrogen and oxygen atoms in total. The number of carbonyl (C=O) groups excluding carboxylic acids is 1. The number of ether oxygens (including phenoxy) is 1. The normalized spacial score (nSPS) is 24.3. The fraction of sp³-hybridized carbons (Fsp3) is 0.364. The number of amides is 1. The minimum Gasteiger partial charge on any atom is -0.474 e. The number of fused-ring (bicyclic) bond motifs is 3. The van der Waals surface area contributed by atoms with E-state index >= 15 is 0 Å². The topological polar surface area (TPSA) is 47.4 Å². The fourth-order valence-corrected chi connectivity index (χ4v) is 4.72. The van der Waals surface area contributed by atoms with Crippen molar-refractivity contribution in [3.63, 3.8) is 0 Å². The molecule has 1 aromatic carbocycles. The summed E-state index contributed by atoms with van der Waals surface area (Å²) in [6.07, 6.45) is 7.85. The van der Waals surface area contributed by atoms with Crippen LogP contribution in [0.4, 0.5) is 0 Å². The number of hydrogen-bond acceptors (Lipinski definition) is 3. The highest BCUT2D eigenvalue weighted by Gasteiger charge is 2.44. The van der Waals surface area contributed by atoms with Crippen LogP contribution in [0.15, 0.2) is 60.9 Å². The number of aromatic nitrogens is 2. The van der Waals surface area contributed by atoms with Crippen molar-refractivity contribution in [1.29, 1.82) is 0 Å². The van der Waals surface area contributed by atoms with Crippen molar-refractivity contribution in [1.82, 2.24) is 14.5 Å². The first-order valence-electron chi connectivity index (χ1n) is 9.70. The predicted octanol–water partition coefficient (Wildman–Crippen LogP) is 3.64. The summed E-state index contributed by atoms with van der Waals surface area (Å²) in [5, 5.41) is 1.18. The van der Waals surface area contributed by atoms with Crippen LogP contribution in [0.2, 0.25) is 0 Å². The van der Waals surface area contributed by atoms with Crippen molar-refractivity contribution in [2.75, 3.05) is 0 Å². The van der Waals surface area contributed by atoms with E-state index in [4.69, 9.17) is 4.74 Å². The van der Waals surface area contributed by atoms with E-state index in [1.807, 2.05) is 36.5 Å². The zero-order valence-corrected chi connectivity index (χ0v) is 15.2. The lowest BCUT2D eigenvalue weighted by Crippen LogP contribution is -2.50. The highest BCUT2D eigenvalue weighted by Crippen LogP contribution is 2.37. The van der Waals surface area contributed by atoms with Gasteiger partial charge in [0.2, 0.25) is 11.8 Å².